The van der Waals surface area contributed by atoms with Crippen LogP contribution in [-0.4, -0.2) is 48.2 Å². The van der Waals surface area contributed by atoms with Crippen molar-refractivity contribution in [1.29, 1.82) is 0 Å². The quantitative estimate of drug-likeness (QED) is 0.255. The fourth-order valence-electron chi connectivity index (χ4n) is 4.94. The Morgan fingerprint density at radius 3 is 2.49 bits per heavy atom. The van der Waals surface area contributed by atoms with Gasteiger partial charge in [-0.15, -0.1) is 0 Å². The molecular formula is C30H26BrFN4O4S. The van der Waals surface area contributed by atoms with Crippen LogP contribution in [0.15, 0.2) is 93.4 Å². The van der Waals surface area contributed by atoms with Gasteiger partial charge < -0.3 is 14.2 Å². The molecule has 2 aromatic carbocycles. The largest absolute Gasteiger partial charge is 0.378 e. The van der Waals surface area contributed by atoms with E-state index in [2.05, 4.69) is 25.8 Å². The molecule has 0 bridgehead atoms. The summed E-state index contributed by atoms with van der Waals surface area (Å²) >= 11 is 3.19. The topological polar surface area (TPSA) is 86.4 Å². The van der Waals surface area contributed by atoms with Crippen molar-refractivity contribution >= 4 is 42.7 Å². The van der Waals surface area contributed by atoms with Crippen molar-refractivity contribution in [2.24, 2.45) is 0 Å². The lowest BCUT2D eigenvalue weighted by Crippen LogP contribution is -2.36. The minimum atomic E-state index is -3.97. The second-order valence-electron chi connectivity index (χ2n) is 9.95. The molecule has 0 spiro atoms. The van der Waals surface area contributed by atoms with Gasteiger partial charge in [-0.2, -0.15) is 0 Å². The average Bonchev–Trinajstić information content (AvgIpc) is 3.36. The van der Waals surface area contributed by atoms with Crippen LogP contribution < -0.4 is 10.5 Å². The number of hydrogen-bond acceptors (Lipinski definition) is 6. The van der Waals surface area contributed by atoms with E-state index >= 15 is 0 Å². The lowest BCUT2D eigenvalue weighted by atomic mass is 10.1. The maximum absolute atomic E-state index is 13.8. The Morgan fingerprint density at radius 1 is 1.02 bits per heavy atom. The monoisotopic (exact) mass is 636 g/mol. The molecule has 3 aromatic heterocycles. The summed E-state index contributed by atoms with van der Waals surface area (Å²) in [4.78, 5) is 20.1. The molecule has 0 atom stereocenters. The van der Waals surface area contributed by atoms with Gasteiger partial charge in [-0.05, 0) is 70.4 Å². The molecule has 0 unspecified atom stereocenters. The minimum Gasteiger partial charge on any atom is -0.378 e. The van der Waals surface area contributed by atoms with Crippen LogP contribution in [0.5, 0.6) is 0 Å². The predicted molar refractivity (Wildman–Crippen MR) is 159 cm³/mol. The number of pyridine rings is 2. The summed E-state index contributed by atoms with van der Waals surface area (Å²) in [6.07, 6.45) is 4.87. The first-order valence-corrected chi connectivity index (χ1v) is 15.2. The van der Waals surface area contributed by atoms with Crippen LogP contribution in [-0.2, 0) is 21.3 Å². The van der Waals surface area contributed by atoms with Gasteiger partial charge >= 0.3 is 0 Å². The molecule has 11 heteroatoms. The number of ether oxygens (including phenoxy) is 1. The van der Waals surface area contributed by atoms with Gasteiger partial charge in [0.25, 0.3) is 15.6 Å². The Morgan fingerprint density at radius 2 is 1.78 bits per heavy atom. The number of aromatic nitrogens is 3. The fourth-order valence-corrected chi connectivity index (χ4v) is 6.69. The van der Waals surface area contributed by atoms with Gasteiger partial charge in [0.15, 0.2) is 5.65 Å². The summed E-state index contributed by atoms with van der Waals surface area (Å²) in [5.74, 6) is -0.376. The molecule has 6 rings (SSSR count). The zero-order chi connectivity index (χ0) is 28.7. The first-order valence-electron chi connectivity index (χ1n) is 13.0. The summed E-state index contributed by atoms with van der Waals surface area (Å²) < 4.78 is 49.7. The normalized spacial score (nSPS) is 14.1. The highest BCUT2D eigenvalue weighted by Crippen LogP contribution is 2.34. The zero-order valence-corrected chi connectivity index (χ0v) is 24.5. The van der Waals surface area contributed by atoms with Gasteiger partial charge in [-0.25, -0.2) is 21.8 Å². The molecule has 0 N–H and O–H groups in total. The van der Waals surface area contributed by atoms with Crippen LogP contribution in [0.3, 0.4) is 0 Å². The third-order valence-corrected chi connectivity index (χ3v) is 9.47. The summed E-state index contributed by atoms with van der Waals surface area (Å²) in [5.41, 5.74) is 3.70. The minimum absolute atomic E-state index is 0.145. The summed E-state index contributed by atoms with van der Waals surface area (Å²) in [7, 11) is -3.97. The summed E-state index contributed by atoms with van der Waals surface area (Å²) in [6, 6.07) is 16.5. The Hall–Kier alpha value is -3.80. The number of hydrogen-bond donors (Lipinski definition) is 0. The van der Waals surface area contributed by atoms with Crippen molar-refractivity contribution in [3.05, 3.63) is 111 Å². The Labute approximate surface area is 244 Å². The molecule has 0 aliphatic carbocycles. The van der Waals surface area contributed by atoms with Gasteiger partial charge in [-0.3, -0.25) is 4.79 Å². The molecule has 1 fully saturated rings. The molecule has 1 saturated heterocycles. The summed E-state index contributed by atoms with van der Waals surface area (Å²) in [6.45, 7) is 4.73. The second-order valence-corrected chi connectivity index (χ2v) is 12.6. The maximum atomic E-state index is 13.8. The van der Waals surface area contributed by atoms with Gasteiger partial charge in [0.2, 0.25) is 0 Å². The molecule has 1 aliphatic rings. The number of fused-ring (bicyclic) bond motifs is 1. The number of anilines is 1. The zero-order valence-electron chi connectivity index (χ0n) is 22.1. The van der Waals surface area contributed by atoms with Crippen LogP contribution in [0, 0.1) is 12.7 Å². The van der Waals surface area contributed by atoms with Gasteiger partial charge in [0, 0.05) is 42.5 Å². The average molecular weight is 638 g/mol. The van der Waals surface area contributed by atoms with E-state index in [1.807, 2.05) is 13.0 Å². The molecule has 5 aromatic rings. The Balaban J connectivity index is 1.46. The van der Waals surface area contributed by atoms with Crippen LogP contribution in [0.2, 0.25) is 0 Å². The Kier molecular flexibility index (Phi) is 7.27. The highest BCUT2D eigenvalue weighted by Gasteiger charge is 2.24. The van der Waals surface area contributed by atoms with E-state index in [1.165, 1.54) is 26.9 Å². The second kappa shape index (κ2) is 10.9. The van der Waals surface area contributed by atoms with E-state index in [-0.39, 0.29) is 28.5 Å². The van der Waals surface area contributed by atoms with Crippen LogP contribution in [0.1, 0.15) is 11.1 Å². The number of benzene rings is 2. The van der Waals surface area contributed by atoms with E-state index in [1.54, 1.807) is 54.9 Å². The van der Waals surface area contributed by atoms with Crippen molar-refractivity contribution in [2.75, 3.05) is 31.2 Å². The lowest BCUT2D eigenvalue weighted by Gasteiger charge is -2.28. The highest BCUT2D eigenvalue weighted by molar-refractivity contribution is 9.10. The third kappa shape index (κ3) is 5.32. The number of morpholine rings is 1. The molecule has 0 amide bonds. The molecule has 1 aliphatic heterocycles. The van der Waals surface area contributed by atoms with Gasteiger partial charge in [0.05, 0.1) is 41.0 Å². The number of nitrogens with zero attached hydrogens (tertiary/aromatic N) is 4. The number of aryl methyl sites for hydroxylation is 1. The maximum Gasteiger partial charge on any atom is 0.269 e. The van der Waals surface area contributed by atoms with Crippen molar-refractivity contribution in [1.82, 2.24) is 13.5 Å². The highest BCUT2D eigenvalue weighted by atomic mass is 79.9. The SMILES string of the molecule is Cc1ccc(S(=O)(=O)n2cc(-c3ccn(Cc4ccc(F)c(Br)c4)c(=O)c3)c3cc(N4CCOCC4)cnc32)cc1. The third-order valence-electron chi connectivity index (χ3n) is 7.20. The van der Waals surface area contributed by atoms with Crippen molar-refractivity contribution < 1.29 is 17.5 Å². The lowest BCUT2D eigenvalue weighted by molar-refractivity contribution is 0.122. The first kappa shape index (κ1) is 27.4. The predicted octanol–water partition coefficient (Wildman–Crippen LogP) is 5.20. The van der Waals surface area contributed by atoms with E-state index in [0.717, 1.165) is 16.8 Å². The van der Waals surface area contributed by atoms with Crippen LogP contribution in [0.25, 0.3) is 22.2 Å². The molecule has 0 radical (unpaired) electrons. The first-order chi connectivity index (χ1) is 19.7. The number of halogens is 2. The van der Waals surface area contributed by atoms with E-state index < -0.39 is 10.0 Å². The molecule has 0 saturated carbocycles. The van der Waals surface area contributed by atoms with Crippen molar-refractivity contribution in [2.45, 2.75) is 18.4 Å². The molecule has 41 heavy (non-hydrogen) atoms. The van der Waals surface area contributed by atoms with Crippen molar-refractivity contribution in [3.63, 3.8) is 0 Å². The van der Waals surface area contributed by atoms with Crippen LogP contribution in [0.4, 0.5) is 10.1 Å². The molecule has 8 nitrogen and oxygen atoms in total. The molecule has 4 heterocycles. The van der Waals surface area contributed by atoms with Gasteiger partial charge in [0.1, 0.15) is 5.82 Å². The standard InChI is InChI=1S/C30H26BrFN4O4S/c1-20-2-5-24(6-3-20)41(38,39)36-19-26(25-16-23(17-33-30(25)36)34-10-12-40-13-11-34)22-8-9-35(29(37)15-22)18-21-4-7-28(32)27(31)14-21/h2-9,14-17,19H,10-13,18H2,1H3. The van der Waals surface area contributed by atoms with E-state index in [4.69, 9.17) is 4.74 Å². The van der Waals surface area contributed by atoms with Crippen LogP contribution >= 0.6 is 15.9 Å². The molecule has 210 valence electrons. The number of rotatable bonds is 6. The Bertz CT molecular complexity index is 1930. The molecular weight excluding hydrogens is 611 g/mol. The smallest absolute Gasteiger partial charge is 0.269 e. The van der Waals surface area contributed by atoms with Gasteiger partial charge in [-0.1, -0.05) is 23.8 Å². The fraction of sp³-hybridized carbons (Fsp3) is 0.200. The van der Waals surface area contributed by atoms with Crippen molar-refractivity contribution in [3.8, 4) is 11.1 Å². The summed E-state index contributed by atoms with van der Waals surface area (Å²) in [5, 5.41) is 0.615. The van der Waals surface area contributed by atoms with E-state index in [9.17, 15) is 17.6 Å². The van der Waals surface area contributed by atoms with E-state index in [0.29, 0.717) is 47.3 Å².